The van der Waals surface area contributed by atoms with Crippen LogP contribution in [0.5, 0.6) is 11.5 Å². The van der Waals surface area contributed by atoms with Crippen LogP contribution < -0.4 is 10.2 Å². The smallest absolute Gasteiger partial charge is 0.872 e. The molecule has 39 heavy (non-hydrogen) atoms. The average molecular weight is 563 g/mol. The number of hydrogen-bond donors (Lipinski definition) is 0. The summed E-state index contributed by atoms with van der Waals surface area (Å²) < 4.78 is 0. The van der Waals surface area contributed by atoms with Crippen LogP contribution in [0, 0.1) is 0 Å². The molecule has 2 aliphatic rings. The summed E-state index contributed by atoms with van der Waals surface area (Å²) in [7, 11) is 0. The number of fused-ring (bicyclic) bond motifs is 2. The second-order valence-corrected chi connectivity index (χ2v) is 10.5. The Hall–Kier alpha value is -3.17. The minimum absolute atomic E-state index is 0. The van der Waals surface area contributed by atoms with Crippen LogP contribution in [-0.4, -0.2) is 24.5 Å². The third-order valence-corrected chi connectivity index (χ3v) is 7.84. The number of rotatable bonds is 4. The van der Waals surface area contributed by atoms with Crippen LogP contribution >= 0.6 is 0 Å². The van der Waals surface area contributed by atoms with E-state index in [4.69, 9.17) is 0 Å². The molecular formula is C34H36N2NiO2. The van der Waals surface area contributed by atoms with E-state index in [1.54, 1.807) is 24.6 Å². The van der Waals surface area contributed by atoms with Crippen molar-refractivity contribution in [2.75, 3.05) is 0 Å². The predicted molar refractivity (Wildman–Crippen MR) is 156 cm³/mol. The second kappa shape index (κ2) is 14.3. The van der Waals surface area contributed by atoms with E-state index in [0.717, 1.165) is 58.4 Å². The summed E-state index contributed by atoms with van der Waals surface area (Å²) in [6.07, 6.45) is 16.0. The van der Waals surface area contributed by atoms with Crippen molar-refractivity contribution in [3.63, 3.8) is 0 Å². The first-order valence-electron chi connectivity index (χ1n) is 14.1. The fourth-order valence-electron chi connectivity index (χ4n) is 5.64. The molecular weight excluding hydrogens is 527 g/mol. The molecule has 0 radical (unpaired) electrons. The first kappa shape index (κ1) is 28.8. The molecule has 0 heterocycles. The molecule has 2 saturated carbocycles. The Labute approximate surface area is 241 Å². The summed E-state index contributed by atoms with van der Waals surface area (Å²) >= 11 is 0. The maximum absolute atomic E-state index is 12.0. The molecule has 6 rings (SSSR count). The molecule has 0 spiro atoms. The van der Waals surface area contributed by atoms with Crippen LogP contribution in [-0.2, 0) is 16.5 Å². The van der Waals surface area contributed by atoms with Crippen LogP contribution in [0.2, 0.25) is 0 Å². The van der Waals surface area contributed by atoms with Gasteiger partial charge in [0.1, 0.15) is 0 Å². The Morgan fingerprint density at radius 1 is 0.513 bits per heavy atom. The monoisotopic (exact) mass is 562 g/mol. The van der Waals surface area contributed by atoms with E-state index >= 15 is 0 Å². The minimum Gasteiger partial charge on any atom is -0.872 e. The number of nitrogens with zero attached hydrogens (tertiary/aromatic N) is 2. The molecule has 2 fully saturated rings. The normalized spacial score (nSPS) is 16.8. The molecule has 2 aliphatic carbocycles. The van der Waals surface area contributed by atoms with Crippen LogP contribution in [0.3, 0.4) is 0 Å². The van der Waals surface area contributed by atoms with Gasteiger partial charge in [-0.05, 0) is 58.4 Å². The third kappa shape index (κ3) is 7.48. The van der Waals surface area contributed by atoms with Crippen molar-refractivity contribution in [3.05, 3.63) is 83.9 Å². The van der Waals surface area contributed by atoms with Gasteiger partial charge in [-0.1, -0.05) is 123 Å². The molecule has 0 atom stereocenters. The standard InChI is InChI=1S/2C17H19NO.Ni/c2*19-17-11-10-13-6-4-5-9-15(13)16(17)12-18-14-7-2-1-3-8-14;/h2*4-6,9-12,14,19H,1-3,7-8H2;/q;;+2/p-2. The fraction of sp³-hybridized carbons (Fsp3) is 0.353. The maximum atomic E-state index is 12.0. The molecule has 0 N–H and O–H groups in total. The zero-order chi connectivity index (χ0) is 26.2. The van der Waals surface area contributed by atoms with E-state index in [1.165, 1.54) is 38.5 Å². The topological polar surface area (TPSA) is 70.8 Å². The van der Waals surface area contributed by atoms with Gasteiger partial charge in [0.25, 0.3) is 0 Å². The Balaban J connectivity index is 0.000000176. The van der Waals surface area contributed by atoms with E-state index in [-0.39, 0.29) is 28.0 Å². The molecule has 4 aromatic carbocycles. The summed E-state index contributed by atoms with van der Waals surface area (Å²) in [4.78, 5) is 9.28. The van der Waals surface area contributed by atoms with Crippen LogP contribution in [0.4, 0.5) is 0 Å². The SMILES string of the molecule is [Ni+2].[O-]c1ccc2ccccc2c1C=NC1CCCCC1.[O-]c1ccc2ccccc2c1C=NC1CCCCC1. The Morgan fingerprint density at radius 3 is 1.31 bits per heavy atom. The molecule has 0 bridgehead atoms. The first-order chi connectivity index (χ1) is 18.7. The van der Waals surface area contributed by atoms with Crippen molar-refractivity contribution < 1.29 is 26.7 Å². The van der Waals surface area contributed by atoms with E-state index < -0.39 is 0 Å². The molecule has 0 unspecified atom stereocenters. The Morgan fingerprint density at radius 2 is 0.897 bits per heavy atom. The predicted octanol–water partition coefficient (Wildman–Crippen LogP) is 7.33. The molecule has 0 amide bonds. The van der Waals surface area contributed by atoms with Crippen molar-refractivity contribution >= 4 is 34.0 Å². The molecule has 0 aromatic heterocycles. The van der Waals surface area contributed by atoms with Gasteiger partial charge in [-0.25, -0.2) is 0 Å². The van der Waals surface area contributed by atoms with Gasteiger partial charge in [0.2, 0.25) is 0 Å². The molecule has 0 saturated heterocycles. The maximum Gasteiger partial charge on any atom is 2.00 e. The Kier molecular flexibility index (Phi) is 10.6. The average Bonchev–Trinajstić information content (AvgIpc) is 2.97. The van der Waals surface area contributed by atoms with Gasteiger partial charge in [0, 0.05) is 24.5 Å². The molecule has 4 aromatic rings. The number of aliphatic imine (C=N–C) groups is 2. The largest absolute Gasteiger partial charge is 2.00 e. The van der Waals surface area contributed by atoms with Crippen molar-refractivity contribution in [2.24, 2.45) is 9.98 Å². The van der Waals surface area contributed by atoms with Crippen molar-refractivity contribution in [3.8, 4) is 11.5 Å². The minimum atomic E-state index is 0. The number of hydrogen-bond acceptors (Lipinski definition) is 4. The van der Waals surface area contributed by atoms with Crippen LogP contribution in [0.25, 0.3) is 21.5 Å². The van der Waals surface area contributed by atoms with Crippen molar-refractivity contribution in [1.29, 1.82) is 0 Å². The van der Waals surface area contributed by atoms with Gasteiger partial charge in [-0.15, -0.1) is 0 Å². The van der Waals surface area contributed by atoms with E-state index in [1.807, 2.05) is 60.7 Å². The van der Waals surface area contributed by atoms with E-state index in [2.05, 4.69) is 9.98 Å². The van der Waals surface area contributed by atoms with Gasteiger partial charge < -0.3 is 10.2 Å². The van der Waals surface area contributed by atoms with E-state index in [0.29, 0.717) is 12.1 Å². The number of benzene rings is 4. The summed E-state index contributed by atoms with van der Waals surface area (Å²) in [6, 6.07) is 23.9. The molecule has 4 nitrogen and oxygen atoms in total. The van der Waals surface area contributed by atoms with Gasteiger partial charge in [-0.2, -0.15) is 0 Å². The van der Waals surface area contributed by atoms with Crippen molar-refractivity contribution in [2.45, 2.75) is 76.3 Å². The summed E-state index contributed by atoms with van der Waals surface area (Å²) in [5.41, 5.74) is 1.48. The molecule has 204 valence electrons. The van der Waals surface area contributed by atoms with Crippen molar-refractivity contribution in [1.82, 2.24) is 0 Å². The first-order valence-corrected chi connectivity index (χ1v) is 14.1. The molecule has 5 heteroatoms. The van der Waals surface area contributed by atoms with Gasteiger partial charge in [0.15, 0.2) is 0 Å². The quantitative estimate of drug-likeness (QED) is 0.193. The van der Waals surface area contributed by atoms with Gasteiger partial charge in [0.05, 0.1) is 0 Å². The van der Waals surface area contributed by atoms with Crippen LogP contribution in [0.15, 0.2) is 82.8 Å². The fourth-order valence-corrected chi connectivity index (χ4v) is 5.64. The van der Waals surface area contributed by atoms with Gasteiger partial charge in [-0.3, -0.25) is 9.98 Å². The Bertz CT molecular complexity index is 1310. The van der Waals surface area contributed by atoms with Crippen LogP contribution in [0.1, 0.15) is 75.3 Å². The summed E-state index contributed by atoms with van der Waals surface area (Å²) in [5, 5.41) is 28.3. The van der Waals surface area contributed by atoms with Gasteiger partial charge >= 0.3 is 16.5 Å². The molecule has 0 aliphatic heterocycles. The zero-order valence-electron chi connectivity index (χ0n) is 22.3. The second-order valence-electron chi connectivity index (χ2n) is 10.5. The summed E-state index contributed by atoms with van der Waals surface area (Å²) in [6.45, 7) is 0. The zero-order valence-corrected chi connectivity index (χ0v) is 23.3. The third-order valence-electron chi connectivity index (χ3n) is 7.84. The van der Waals surface area contributed by atoms with E-state index in [9.17, 15) is 10.2 Å². The summed E-state index contributed by atoms with van der Waals surface area (Å²) in [5.74, 6) is 0.136.